The molecule has 5 unspecified atom stereocenters. The Hall–Kier alpha value is 0. The molecule has 0 spiro atoms. The third-order valence-corrected chi connectivity index (χ3v) is 9.76. The molecule has 5 atom stereocenters. The molecule has 132 valence electrons. The smallest absolute Gasteiger partial charge is 0.0233 e. The molecule has 23 heavy (non-hydrogen) atoms. The van der Waals surface area contributed by atoms with Gasteiger partial charge in [-0.15, -0.1) is 0 Å². The van der Waals surface area contributed by atoms with Gasteiger partial charge in [0.25, 0.3) is 0 Å². The summed E-state index contributed by atoms with van der Waals surface area (Å²) in [5.74, 6) is 5.28. The van der Waals surface area contributed by atoms with Gasteiger partial charge in [-0.05, 0) is 78.9 Å². The number of fused-ring (bicyclic) bond motifs is 3. The zero-order valence-corrected chi connectivity index (χ0v) is 16.1. The fourth-order valence-corrected chi connectivity index (χ4v) is 8.35. The Labute approximate surface area is 145 Å². The Kier molecular flexibility index (Phi) is 4.34. The van der Waals surface area contributed by atoms with Gasteiger partial charge in [0, 0.05) is 0 Å². The molecular weight excluding hydrogens is 276 g/mol. The van der Waals surface area contributed by atoms with Crippen molar-refractivity contribution in [2.45, 2.75) is 104 Å². The minimum atomic E-state index is 0.640. The highest BCUT2D eigenvalue weighted by atomic mass is 14.7. The van der Waals surface area contributed by atoms with Crippen molar-refractivity contribution in [1.29, 1.82) is 0 Å². The Bertz CT molecular complexity index is 394. The number of hydrogen-bond acceptors (Lipinski definition) is 0. The summed E-state index contributed by atoms with van der Waals surface area (Å²) in [5.41, 5.74) is 1.30. The second kappa shape index (κ2) is 6.06. The Balaban J connectivity index is 1.68. The van der Waals surface area contributed by atoms with Crippen LogP contribution in [0.25, 0.3) is 0 Å². The fraction of sp³-hybridized carbons (Fsp3) is 1.00. The minimum Gasteiger partial charge on any atom is -0.0614 e. The van der Waals surface area contributed by atoms with Crippen LogP contribution in [-0.2, 0) is 0 Å². The number of hydrogen-bond donors (Lipinski definition) is 0. The average molecular weight is 317 g/mol. The normalized spacial score (nSPS) is 47.6. The zero-order chi connectivity index (χ0) is 16.1. The molecule has 0 aromatic carbocycles. The third-order valence-electron chi connectivity index (χ3n) is 9.76. The SMILES string of the molecule is CC(C1(C)CCCCC1)C1(C)C2CCCCC2C2CCCCC21. The average Bonchev–Trinajstić information content (AvgIpc) is 2.86. The van der Waals surface area contributed by atoms with E-state index in [0.29, 0.717) is 10.8 Å². The van der Waals surface area contributed by atoms with Crippen molar-refractivity contribution < 1.29 is 0 Å². The second-order valence-electron chi connectivity index (χ2n) is 10.4. The first-order valence-corrected chi connectivity index (χ1v) is 11.1. The molecule has 0 aliphatic heterocycles. The van der Waals surface area contributed by atoms with E-state index in [1.165, 1.54) is 57.8 Å². The monoisotopic (exact) mass is 316 g/mol. The summed E-state index contributed by atoms with van der Waals surface area (Å²) in [4.78, 5) is 0. The third kappa shape index (κ3) is 2.44. The minimum absolute atomic E-state index is 0.640. The van der Waals surface area contributed by atoms with Gasteiger partial charge in [0.15, 0.2) is 0 Å². The van der Waals surface area contributed by atoms with Gasteiger partial charge in [0.05, 0.1) is 0 Å². The van der Waals surface area contributed by atoms with Gasteiger partial charge in [0.1, 0.15) is 0 Å². The van der Waals surface area contributed by atoms with Crippen molar-refractivity contribution in [2.75, 3.05) is 0 Å². The van der Waals surface area contributed by atoms with E-state index < -0.39 is 0 Å². The Morgan fingerprint density at radius 1 is 0.652 bits per heavy atom. The quantitative estimate of drug-likeness (QED) is 0.504. The van der Waals surface area contributed by atoms with Crippen molar-refractivity contribution in [2.24, 2.45) is 40.4 Å². The van der Waals surface area contributed by atoms with Crippen LogP contribution < -0.4 is 0 Å². The van der Waals surface area contributed by atoms with Gasteiger partial charge in [0.2, 0.25) is 0 Å². The molecule has 0 N–H and O–H groups in total. The van der Waals surface area contributed by atoms with Gasteiger partial charge in [-0.1, -0.05) is 65.7 Å². The van der Waals surface area contributed by atoms with Crippen LogP contribution in [0.5, 0.6) is 0 Å². The van der Waals surface area contributed by atoms with Gasteiger partial charge < -0.3 is 0 Å². The molecule has 0 bridgehead atoms. The van der Waals surface area contributed by atoms with Gasteiger partial charge in [-0.3, -0.25) is 0 Å². The predicted molar refractivity (Wildman–Crippen MR) is 99.4 cm³/mol. The molecule has 0 amide bonds. The fourth-order valence-electron chi connectivity index (χ4n) is 8.35. The maximum atomic E-state index is 2.79. The first kappa shape index (κ1) is 16.5. The Morgan fingerprint density at radius 2 is 1.13 bits per heavy atom. The summed E-state index contributed by atoms with van der Waals surface area (Å²) in [7, 11) is 0. The zero-order valence-electron chi connectivity index (χ0n) is 16.1. The summed E-state index contributed by atoms with van der Waals surface area (Å²) < 4.78 is 0. The molecular formula is C23H40. The van der Waals surface area contributed by atoms with E-state index in [4.69, 9.17) is 0 Å². The first-order valence-electron chi connectivity index (χ1n) is 11.1. The molecule has 4 rings (SSSR count). The van der Waals surface area contributed by atoms with Crippen LogP contribution in [0, 0.1) is 40.4 Å². The van der Waals surface area contributed by atoms with E-state index in [0.717, 1.165) is 29.6 Å². The lowest BCUT2D eigenvalue weighted by atomic mass is 9.51. The molecule has 0 nitrogen and oxygen atoms in total. The van der Waals surface area contributed by atoms with Gasteiger partial charge >= 0.3 is 0 Å². The highest BCUT2D eigenvalue weighted by molar-refractivity contribution is 5.10. The van der Waals surface area contributed by atoms with E-state index in [9.17, 15) is 0 Å². The van der Waals surface area contributed by atoms with E-state index in [2.05, 4.69) is 20.8 Å². The maximum absolute atomic E-state index is 2.79. The van der Waals surface area contributed by atoms with Crippen molar-refractivity contribution >= 4 is 0 Å². The summed E-state index contributed by atoms with van der Waals surface area (Å²) in [6.07, 6.45) is 19.9. The van der Waals surface area contributed by atoms with Crippen LogP contribution >= 0.6 is 0 Å². The molecule has 0 saturated heterocycles. The molecule has 4 saturated carbocycles. The van der Waals surface area contributed by atoms with Crippen LogP contribution in [0.4, 0.5) is 0 Å². The molecule has 4 aliphatic rings. The molecule has 0 radical (unpaired) electrons. The van der Waals surface area contributed by atoms with E-state index in [-0.39, 0.29) is 0 Å². The topological polar surface area (TPSA) is 0 Å². The largest absolute Gasteiger partial charge is 0.0614 e. The molecule has 0 heterocycles. The van der Waals surface area contributed by atoms with E-state index in [1.807, 2.05) is 0 Å². The van der Waals surface area contributed by atoms with Crippen molar-refractivity contribution in [1.82, 2.24) is 0 Å². The van der Waals surface area contributed by atoms with Crippen LogP contribution in [0.15, 0.2) is 0 Å². The summed E-state index contributed by atoms with van der Waals surface area (Å²) >= 11 is 0. The molecule has 4 fully saturated rings. The van der Waals surface area contributed by atoms with Gasteiger partial charge in [-0.2, -0.15) is 0 Å². The summed E-state index contributed by atoms with van der Waals surface area (Å²) in [6, 6.07) is 0. The van der Waals surface area contributed by atoms with Crippen molar-refractivity contribution in [3.05, 3.63) is 0 Å². The van der Waals surface area contributed by atoms with Crippen molar-refractivity contribution in [3.63, 3.8) is 0 Å². The lowest BCUT2D eigenvalue weighted by molar-refractivity contribution is -0.0446. The number of rotatable bonds is 2. The second-order valence-corrected chi connectivity index (χ2v) is 10.4. The summed E-state index contributed by atoms with van der Waals surface area (Å²) in [5, 5.41) is 0. The molecule has 0 heteroatoms. The molecule has 0 aromatic rings. The highest BCUT2D eigenvalue weighted by Crippen LogP contribution is 2.68. The predicted octanol–water partition coefficient (Wildman–Crippen LogP) is 7.23. The van der Waals surface area contributed by atoms with Crippen LogP contribution in [0.1, 0.15) is 104 Å². The Morgan fingerprint density at radius 3 is 1.65 bits per heavy atom. The van der Waals surface area contributed by atoms with E-state index >= 15 is 0 Å². The van der Waals surface area contributed by atoms with Crippen LogP contribution in [-0.4, -0.2) is 0 Å². The van der Waals surface area contributed by atoms with Crippen LogP contribution in [0.3, 0.4) is 0 Å². The molecule has 0 aromatic heterocycles. The highest BCUT2D eigenvalue weighted by Gasteiger charge is 2.61. The lowest BCUT2D eigenvalue weighted by Gasteiger charge is -2.53. The van der Waals surface area contributed by atoms with Crippen molar-refractivity contribution in [3.8, 4) is 0 Å². The molecule has 4 aliphatic carbocycles. The van der Waals surface area contributed by atoms with Gasteiger partial charge in [-0.25, -0.2) is 0 Å². The van der Waals surface area contributed by atoms with Crippen LogP contribution in [0.2, 0.25) is 0 Å². The first-order chi connectivity index (χ1) is 11.1. The summed E-state index contributed by atoms with van der Waals surface area (Å²) in [6.45, 7) is 8.17. The standard InChI is InChI=1S/C23H40/c1-17(22(2)15-9-4-10-16-22)23(3)20-13-7-5-11-18(20)19-12-6-8-14-21(19)23/h17-21H,4-16H2,1-3H3. The lowest BCUT2D eigenvalue weighted by Crippen LogP contribution is -2.46. The van der Waals surface area contributed by atoms with E-state index in [1.54, 1.807) is 25.7 Å². The maximum Gasteiger partial charge on any atom is -0.0233 e.